The summed E-state index contributed by atoms with van der Waals surface area (Å²) in [5.74, 6) is -1.94. The van der Waals surface area contributed by atoms with Crippen molar-refractivity contribution < 1.29 is 18.7 Å². The SMILES string of the molecule is CN1C(=O)[C@]2(C(C#N)=C(N)NC3=C2C(=O)OC3(C)C)c2cc(F)ccc21. The first-order valence-electron chi connectivity index (χ1n) is 7.90. The predicted octanol–water partition coefficient (Wildman–Crippen LogP) is 0.926. The second kappa shape index (κ2) is 4.64. The summed E-state index contributed by atoms with van der Waals surface area (Å²) in [6.45, 7) is 3.29. The van der Waals surface area contributed by atoms with E-state index in [-0.39, 0.29) is 22.5 Å². The lowest BCUT2D eigenvalue weighted by Crippen LogP contribution is -2.49. The normalized spacial score (nSPS) is 25.9. The van der Waals surface area contributed by atoms with E-state index in [1.807, 2.05) is 6.07 Å². The molecule has 0 radical (unpaired) electrons. The van der Waals surface area contributed by atoms with Gasteiger partial charge < -0.3 is 20.7 Å². The van der Waals surface area contributed by atoms with Gasteiger partial charge in [0.25, 0.3) is 0 Å². The minimum absolute atomic E-state index is 0.0190. The zero-order chi connectivity index (χ0) is 19.0. The highest BCUT2D eigenvalue weighted by Gasteiger charge is 2.64. The Labute approximate surface area is 148 Å². The number of nitrogens with two attached hydrogens (primary N) is 1. The first kappa shape index (κ1) is 16.1. The summed E-state index contributed by atoms with van der Waals surface area (Å²) in [6, 6.07) is 5.76. The molecule has 0 unspecified atom stereocenters. The molecule has 132 valence electrons. The lowest BCUT2D eigenvalue weighted by Gasteiger charge is -2.34. The summed E-state index contributed by atoms with van der Waals surface area (Å²) in [7, 11) is 1.51. The van der Waals surface area contributed by atoms with Crippen molar-refractivity contribution in [1.82, 2.24) is 5.32 Å². The zero-order valence-electron chi connectivity index (χ0n) is 14.3. The molecule has 7 nitrogen and oxygen atoms in total. The smallest absolute Gasteiger partial charge is 0.338 e. The van der Waals surface area contributed by atoms with E-state index in [0.29, 0.717) is 11.4 Å². The maximum atomic E-state index is 14.1. The van der Waals surface area contributed by atoms with Gasteiger partial charge >= 0.3 is 5.97 Å². The van der Waals surface area contributed by atoms with E-state index in [1.54, 1.807) is 13.8 Å². The summed E-state index contributed by atoms with van der Waals surface area (Å²) in [5, 5.41) is 12.6. The van der Waals surface area contributed by atoms with Crippen molar-refractivity contribution in [3.8, 4) is 6.07 Å². The number of dihydropyridines is 1. The van der Waals surface area contributed by atoms with E-state index in [0.717, 1.165) is 6.07 Å². The Kier molecular flexibility index (Phi) is 2.88. The molecule has 1 atom stereocenters. The van der Waals surface area contributed by atoms with Gasteiger partial charge in [0.2, 0.25) is 5.91 Å². The van der Waals surface area contributed by atoms with Gasteiger partial charge in [-0.25, -0.2) is 9.18 Å². The molecular formula is C18H15FN4O3. The van der Waals surface area contributed by atoms with Crippen molar-refractivity contribution in [2.24, 2.45) is 5.73 Å². The quantitative estimate of drug-likeness (QED) is 0.671. The minimum atomic E-state index is -1.82. The summed E-state index contributed by atoms with van der Waals surface area (Å²) in [5.41, 5.74) is 3.90. The van der Waals surface area contributed by atoms with Crippen LogP contribution in [0.1, 0.15) is 19.4 Å². The summed E-state index contributed by atoms with van der Waals surface area (Å²) >= 11 is 0. The van der Waals surface area contributed by atoms with E-state index in [4.69, 9.17) is 10.5 Å². The Balaban J connectivity index is 2.18. The number of likely N-dealkylation sites (N-methyl/N-ethyl adjacent to an activating group) is 1. The molecule has 4 rings (SSSR count). The molecule has 1 aromatic rings. The molecule has 0 bridgehead atoms. The third kappa shape index (κ3) is 1.60. The van der Waals surface area contributed by atoms with Gasteiger partial charge in [-0.1, -0.05) is 0 Å². The lowest BCUT2D eigenvalue weighted by atomic mass is 9.67. The van der Waals surface area contributed by atoms with Crippen LogP contribution in [0.3, 0.4) is 0 Å². The van der Waals surface area contributed by atoms with E-state index in [9.17, 15) is 19.2 Å². The number of nitrogens with zero attached hydrogens (tertiary/aromatic N) is 2. The van der Waals surface area contributed by atoms with Gasteiger partial charge in [0, 0.05) is 18.3 Å². The van der Waals surface area contributed by atoms with Crippen LogP contribution in [0.5, 0.6) is 0 Å². The standard InChI is InChI=1S/C18H15FN4O3/c1-17(2)13-12(15(24)26-17)18(10(7-20)14(21)22-13)9-6-8(19)4-5-11(9)23(3)16(18)25/h4-6,22H,21H2,1-3H3/t18-/m0/s1. The summed E-state index contributed by atoms with van der Waals surface area (Å²) in [4.78, 5) is 27.4. The Morgan fingerprint density at radius 2 is 2.04 bits per heavy atom. The third-order valence-electron chi connectivity index (χ3n) is 5.14. The third-order valence-corrected chi connectivity index (χ3v) is 5.14. The molecule has 0 saturated heterocycles. The minimum Gasteiger partial charge on any atom is -0.450 e. The number of carbonyl (C=O) groups is 2. The number of ether oxygens (including phenoxy) is 1. The Hall–Kier alpha value is -3.34. The van der Waals surface area contributed by atoms with Crippen LogP contribution in [-0.2, 0) is 19.7 Å². The molecule has 3 aliphatic heterocycles. The van der Waals surface area contributed by atoms with Crippen LogP contribution in [0.25, 0.3) is 0 Å². The molecular weight excluding hydrogens is 339 g/mol. The Morgan fingerprint density at radius 3 is 2.69 bits per heavy atom. The number of halogens is 1. The van der Waals surface area contributed by atoms with Gasteiger partial charge in [-0.05, 0) is 32.0 Å². The highest BCUT2D eigenvalue weighted by atomic mass is 19.1. The average molecular weight is 354 g/mol. The predicted molar refractivity (Wildman–Crippen MR) is 88.6 cm³/mol. The average Bonchev–Trinajstić information content (AvgIpc) is 2.91. The van der Waals surface area contributed by atoms with Crippen LogP contribution in [0.2, 0.25) is 0 Å². The van der Waals surface area contributed by atoms with E-state index < -0.39 is 28.7 Å². The van der Waals surface area contributed by atoms with Crippen LogP contribution >= 0.6 is 0 Å². The fourth-order valence-corrected chi connectivity index (χ4v) is 4.02. The number of benzene rings is 1. The van der Waals surface area contributed by atoms with Crippen molar-refractivity contribution in [2.75, 3.05) is 11.9 Å². The van der Waals surface area contributed by atoms with Gasteiger partial charge in [0.1, 0.15) is 28.7 Å². The highest BCUT2D eigenvalue weighted by molar-refractivity contribution is 6.19. The van der Waals surface area contributed by atoms with Crippen molar-refractivity contribution in [1.29, 1.82) is 5.26 Å². The molecule has 0 fully saturated rings. The molecule has 1 spiro atoms. The number of cyclic esters (lactones) is 1. The molecule has 0 aliphatic carbocycles. The monoisotopic (exact) mass is 354 g/mol. The fraction of sp³-hybridized carbons (Fsp3) is 0.278. The molecule has 8 heteroatoms. The summed E-state index contributed by atoms with van der Waals surface area (Å²) < 4.78 is 19.5. The number of nitriles is 1. The molecule has 0 aromatic heterocycles. The van der Waals surface area contributed by atoms with Gasteiger partial charge in [-0.2, -0.15) is 5.26 Å². The number of amides is 1. The van der Waals surface area contributed by atoms with Crippen LogP contribution in [-0.4, -0.2) is 24.5 Å². The van der Waals surface area contributed by atoms with E-state index >= 15 is 0 Å². The Morgan fingerprint density at radius 1 is 1.35 bits per heavy atom. The Bertz CT molecular complexity index is 1020. The highest BCUT2D eigenvalue weighted by Crippen LogP contribution is 2.55. The van der Waals surface area contributed by atoms with Crippen molar-refractivity contribution >= 4 is 17.6 Å². The van der Waals surface area contributed by atoms with Crippen molar-refractivity contribution in [3.05, 3.63) is 52.2 Å². The van der Waals surface area contributed by atoms with Gasteiger partial charge in [0.05, 0.1) is 16.8 Å². The number of hydrogen-bond acceptors (Lipinski definition) is 6. The molecule has 3 aliphatic rings. The number of rotatable bonds is 0. The lowest BCUT2D eigenvalue weighted by molar-refractivity contribution is -0.145. The van der Waals surface area contributed by atoms with Crippen LogP contribution < -0.4 is 16.0 Å². The van der Waals surface area contributed by atoms with Crippen LogP contribution in [0.4, 0.5) is 10.1 Å². The van der Waals surface area contributed by atoms with Crippen LogP contribution in [0.15, 0.2) is 40.9 Å². The van der Waals surface area contributed by atoms with E-state index in [1.165, 1.54) is 24.1 Å². The van der Waals surface area contributed by atoms with Crippen molar-refractivity contribution in [3.63, 3.8) is 0 Å². The topological polar surface area (TPSA) is 108 Å². The first-order chi connectivity index (χ1) is 12.2. The summed E-state index contributed by atoms with van der Waals surface area (Å²) in [6.07, 6.45) is 0. The number of hydrogen-bond donors (Lipinski definition) is 2. The molecule has 1 amide bonds. The number of esters is 1. The first-order valence-corrected chi connectivity index (χ1v) is 7.90. The maximum absolute atomic E-state index is 14.1. The second-order valence-electron chi connectivity index (χ2n) is 6.95. The number of carbonyl (C=O) groups excluding carboxylic acids is 2. The second-order valence-corrected chi connectivity index (χ2v) is 6.95. The molecule has 3 N–H and O–H groups in total. The molecule has 0 saturated carbocycles. The van der Waals surface area contributed by atoms with Gasteiger partial charge in [-0.3, -0.25) is 4.79 Å². The maximum Gasteiger partial charge on any atom is 0.338 e. The fourth-order valence-electron chi connectivity index (χ4n) is 4.02. The number of fused-ring (bicyclic) bond motifs is 3. The van der Waals surface area contributed by atoms with Crippen LogP contribution in [0, 0.1) is 17.1 Å². The zero-order valence-corrected chi connectivity index (χ0v) is 14.3. The number of anilines is 1. The molecule has 1 aromatic carbocycles. The number of nitrogens with one attached hydrogen (secondary N) is 1. The molecule has 26 heavy (non-hydrogen) atoms. The van der Waals surface area contributed by atoms with Gasteiger partial charge in [-0.15, -0.1) is 0 Å². The largest absolute Gasteiger partial charge is 0.450 e. The van der Waals surface area contributed by atoms with Crippen molar-refractivity contribution in [2.45, 2.75) is 24.9 Å². The van der Waals surface area contributed by atoms with Gasteiger partial charge in [0.15, 0.2) is 0 Å². The molecule has 3 heterocycles. The van der Waals surface area contributed by atoms with E-state index in [2.05, 4.69) is 5.32 Å².